The summed E-state index contributed by atoms with van der Waals surface area (Å²) < 4.78 is 16.9. The SMILES string of the molecule is CC/C=C\C/C=C\C/C=C\C/C=C\C/C=C\C/C=C\CCCCCCCCCCCCCCCCC(=O)OCC(COC(=O)CCCCCCCCCCCCC)OC(=O)CCCCCCC/C=C\CCCCC. The van der Waals surface area contributed by atoms with Crippen LogP contribution in [0.25, 0.3) is 0 Å². The first-order valence-corrected chi connectivity index (χ1v) is 31.6. The van der Waals surface area contributed by atoms with Crippen molar-refractivity contribution in [2.45, 2.75) is 316 Å². The van der Waals surface area contributed by atoms with Crippen molar-refractivity contribution in [1.29, 1.82) is 0 Å². The second-order valence-corrected chi connectivity index (χ2v) is 20.9. The molecule has 0 aliphatic heterocycles. The average Bonchev–Trinajstić information content (AvgIpc) is 3.40. The number of esters is 3. The van der Waals surface area contributed by atoms with Gasteiger partial charge in [0.2, 0.25) is 0 Å². The van der Waals surface area contributed by atoms with Gasteiger partial charge in [-0.15, -0.1) is 0 Å². The van der Waals surface area contributed by atoms with Crippen LogP contribution >= 0.6 is 0 Å². The summed E-state index contributed by atoms with van der Waals surface area (Å²) in [6.45, 7) is 6.51. The molecule has 6 nitrogen and oxygen atoms in total. The standard InChI is InChI=1S/C68H118O6/c1-4-7-10-13-16-19-22-24-25-26-27-28-29-30-31-32-33-34-35-36-37-38-39-40-41-42-43-44-47-49-52-55-58-61-67(70)73-64-65(63-72-66(69)60-57-54-51-48-45-21-18-15-12-9-6-3)74-68(71)62-59-56-53-50-46-23-20-17-14-11-8-5-2/h7,10,16-17,19-20,24-25,27-28,30-31,33-34,65H,4-6,8-9,11-15,18,21-23,26,29,32,35-64H2,1-3H3/b10-7-,19-16-,20-17-,25-24-,28-27-,31-30-,34-33-. The average molecular weight is 1030 g/mol. The van der Waals surface area contributed by atoms with Gasteiger partial charge in [0.05, 0.1) is 0 Å². The Hall–Kier alpha value is -3.41. The lowest BCUT2D eigenvalue weighted by Gasteiger charge is -2.18. The molecule has 0 aromatic rings. The monoisotopic (exact) mass is 1030 g/mol. The van der Waals surface area contributed by atoms with Gasteiger partial charge >= 0.3 is 17.9 Å². The van der Waals surface area contributed by atoms with Crippen molar-refractivity contribution in [1.82, 2.24) is 0 Å². The van der Waals surface area contributed by atoms with Crippen molar-refractivity contribution in [2.24, 2.45) is 0 Å². The van der Waals surface area contributed by atoms with Gasteiger partial charge in [-0.2, -0.15) is 0 Å². The molecule has 0 aromatic carbocycles. The van der Waals surface area contributed by atoms with Crippen LogP contribution in [0.15, 0.2) is 85.1 Å². The van der Waals surface area contributed by atoms with E-state index in [2.05, 4.69) is 106 Å². The second-order valence-electron chi connectivity index (χ2n) is 20.9. The molecule has 1 atom stereocenters. The number of carbonyl (C=O) groups excluding carboxylic acids is 3. The molecule has 0 fully saturated rings. The second kappa shape index (κ2) is 62.1. The highest BCUT2D eigenvalue weighted by Gasteiger charge is 2.19. The van der Waals surface area contributed by atoms with E-state index in [0.29, 0.717) is 19.3 Å². The Morgan fingerprint density at radius 1 is 0.284 bits per heavy atom. The quantitative estimate of drug-likeness (QED) is 0.0261. The maximum absolute atomic E-state index is 12.8. The van der Waals surface area contributed by atoms with Crippen molar-refractivity contribution in [3.8, 4) is 0 Å². The Bertz CT molecular complexity index is 1420. The minimum atomic E-state index is -0.776. The van der Waals surface area contributed by atoms with E-state index < -0.39 is 6.10 Å². The van der Waals surface area contributed by atoms with Gasteiger partial charge in [0.15, 0.2) is 6.10 Å². The molecule has 6 heteroatoms. The van der Waals surface area contributed by atoms with E-state index in [1.165, 1.54) is 161 Å². The number of unbranched alkanes of at least 4 members (excludes halogenated alkanes) is 32. The van der Waals surface area contributed by atoms with Gasteiger partial charge < -0.3 is 14.2 Å². The largest absolute Gasteiger partial charge is 0.462 e. The number of carbonyl (C=O) groups is 3. The first kappa shape index (κ1) is 70.6. The Morgan fingerprint density at radius 2 is 0.527 bits per heavy atom. The van der Waals surface area contributed by atoms with E-state index in [9.17, 15) is 14.4 Å². The normalized spacial score (nSPS) is 12.6. The zero-order valence-electron chi connectivity index (χ0n) is 48.8. The molecular formula is C68H118O6. The highest BCUT2D eigenvalue weighted by atomic mass is 16.6. The Morgan fingerprint density at radius 3 is 0.865 bits per heavy atom. The minimum Gasteiger partial charge on any atom is -0.462 e. The molecule has 0 saturated heterocycles. The maximum atomic E-state index is 12.8. The van der Waals surface area contributed by atoms with E-state index in [0.717, 1.165) is 109 Å². The molecule has 0 rings (SSSR count). The summed E-state index contributed by atoms with van der Waals surface area (Å²) in [5.41, 5.74) is 0. The lowest BCUT2D eigenvalue weighted by molar-refractivity contribution is -0.167. The van der Waals surface area contributed by atoms with E-state index in [1.54, 1.807) is 0 Å². The Balaban J connectivity index is 4.09. The molecule has 1 unspecified atom stereocenters. The summed E-state index contributed by atoms with van der Waals surface area (Å²) in [5.74, 6) is -0.876. The first-order valence-electron chi connectivity index (χ1n) is 31.6. The van der Waals surface area contributed by atoms with Crippen LogP contribution in [0, 0.1) is 0 Å². The zero-order valence-corrected chi connectivity index (χ0v) is 48.8. The fourth-order valence-electron chi connectivity index (χ4n) is 8.91. The van der Waals surface area contributed by atoms with Gasteiger partial charge in [-0.3, -0.25) is 14.4 Å². The van der Waals surface area contributed by atoms with E-state index in [-0.39, 0.29) is 31.1 Å². The smallest absolute Gasteiger partial charge is 0.306 e. The molecule has 0 aliphatic carbocycles. The third kappa shape index (κ3) is 59.5. The predicted octanol–water partition coefficient (Wildman–Crippen LogP) is 21.5. The number of allylic oxidation sites excluding steroid dienone is 14. The van der Waals surface area contributed by atoms with E-state index >= 15 is 0 Å². The lowest BCUT2D eigenvalue weighted by Crippen LogP contribution is -2.30. The van der Waals surface area contributed by atoms with Crippen LogP contribution in [0.5, 0.6) is 0 Å². The van der Waals surface area contributed by atoms with Crippen molar-refractivity contribution < 1.29 is 28.6 Å². The molecule has 0 aliphatic rings. The predicted molar refractivity (Wildman–Crippen MR) is 321 cm³/mol. The molecule has 0 heterocycles. The third-order valence-electron chi connectivity index (χ3n) is 13.6. The molecule has 74 heavy (non-hydrogen) atoms. The van der Waals surface area contributed by atoms with Crippen molar-refractivity contribution >= 4 is 17.9 Å². The summed E-state index contributed by atoms with van der Waals surface area (Å²) in [4.78, 5) is 38.1. The number of rotatable bonds is 57. The fraction of sp³-hybridized carbons (Fsp3) is 0.750. The van der Waals surface area contributed by atoms with Crippen LogP contribution in [0.3, 0.4) is 0 Å². The van der Waals surface area contributed by atoms with Gasteiger partial charge in [0.25, 0.3) is 0 Å². The van der Waals surface area contributed by atoms with Crippen molar-refractivity contribution in [2.75, 3.05) is 13.2 Å². The van der Waals surface area contributed by atoms with Gasteiger partial charge in [0.1, 0.15) is 13.2 Å². The van der Waals surface area contributed by atoms with Gasteiger partial charge in [-0.05, 0) is 96.3 Å². The van der Waals surface area contributed by atoms with Gasteiger partial charge in [-0.1, -0.05) is 279 Å². The number of hydrogen-bond acceptors (Lipinski definition) is 6. The molecule has 0 saturated carbocycles. The molecule has 0 amide bonds. The topological polar surface area (TPSA) is 78.9 Å². The molecular weight excluding hydrogens is 913 g/mol. The lowest BCUT2D eigenvalue weighted by atomic mass is 10.0. The van der Waals surface area contributed by atoms with Gasteiger partial charge in [-0.25, -0.2) is 0 Å². The Labute approximate surface area is 458 Å². The molecule has 0 aromatic heterocycles. The highest BCUT2D eigenvalue weighted by Crippen LogP contribution is 2.16. The van der Waals surface area contributed by atoms with Crippen LogP contribution in [-0.2, 0) is 28.6 Å². The van der Waals surface area contributed by atoms with Gasteiger partial charge in [0, 0.05) is 19.3 Å². The van der Waals surface area contributed by atoms with Crippen LogP contribution in [0.2, 0.25) is 0 Å². The summed E-state index contributed by atoms with van der Waals surface area (Å²) in [6, 6.07) is 0. The molecule has 0 spiro atoms. The van der Waals surface area contributed by atoms with Crippen LogP contribution in [0.4, 0.5) is 0 Å². The molecule has 0 radical (unpaired) electrons. The molecule has 426 valence electrons. The molecule has 0 N–H and O–H groups in total. The summed E-state index contributed by atoms with van der Waals surface area (Å²) >= 11 is 0. The van der Waals surface area contributed by atoms with E-state index in [1.807, 2.05) is 0 Å². The van der Waals surface area contributed by atoms with Crippen molar-refractivity contribution in [3.63, 3.8) is 0 Å². The number of hydrogen-bond donors (Lipinski definition) is 0. The van der Waals surface area contributed by atoms with E-state index in [4.69, 9.17) is 14.2 Å². The van der Waals surface area contributed by atoms with Crippen LogP contribution in [0.1, 0.15) is 310 Å². The van der Waals surface area contributed by atoms with Crippen molar-refractivity contribution in [3.05, 3.63) is 85.1 Å². The third-order valence-corrected chi connectivity index (χ3v) is 13.6. The summed E-state index contributed by atoms with van der Waals surface area (Å²) in [7, 11) is 0. The first-order chi connectivity index (χ1) is 36.5. The zero-order chi connectivity index (χ0) is 53.6. The van der Waals surface area contributed by atoms with Crippen LogP contribution < -0.4 is 0 Å². The summed E-state index contributed by atoms with van der Waals surface area (Å²) in [6.07, 6.45) is 81.7. The fourth-order valence-corrected chi connectivity index (χ4v) is 8.91. The molecule has 0 bridgehead atoms. The summed E-state index contributed by atoms with van der Waals surface area (Å²) in [5, 5.41) is 0. The minimum absolute atomic E-state index is 0.0752. The number of ether oxygens (including phenoxy) is 3. The maximum Gasteiger partial charge on any atom is 0.306 e. The highest BCUT2D eigenvalue weighted by molar-refractivity contribution is 5.71. The van der Waals surface area contributed by atoms with Crippen LogP contribution in [-0.4, -0.2) is 37.2 Å². The Kier molecular flexibility index (Phi) is 59.3.